The first-order chi connectivity index (χ1) is 14.5. The van der Waals surface area contributed by atoms with Gasteiger partial charge >= 0.3 is 0 Å². The van der Waals surface area contributed by atoms with Gasteiger partial charge in [0.1, 0.15) is 11.3 Å². The van der Waals surface area contributed by atoms with Crippen molar-refractivity contribution in [2.45, 2.75) is 39.2 Å². The Labute approximate surface area is 175 Å². The van der Waals surface area contributed by atoms with Gasteiger partial charge in [-0.25, -0.2) is 9.97 Å². The number of aryl methyl sites for hydroxylation is 2. The number of hydrogen-bond donors (Lipinski definition) is 0. The van der Waals surface area contributed by atoms with Crippen LogP contribution in [0, 0.1) is 13.8 Å². The first-order valence-corrected chi connectivity index (χ1v) is 10.2. The molecular weight excluding hydrogens is 380 g/mol. The lowest BCUT2D eigenvalue weighted by Gasteiger charge is -2.36. The van der Waals surface area contributed by atoms with Crippen LogP contribution in [0.25, 0.3) is 11.1 Å². The van der Waals surface area contributed by atoms with E-state index in [1.165, 1.54) is 0 Å². The van der Waals surface area contributed by atoms with Crippen molar-refractivity contribution in [2.24, 2.45) is 0 Å². The Morgan fingerprint density at radius 1 is 1.20 bits per heavy atom. The summed E-state index contributed by atoms with van der Waals surface area (Å²) in [6.07, 6.45) is 8.20. The molecule has 3 aromatic heterocycles. The van der Waals surface area contributed by atoms with E-state index in [4.69, 9.17) is 9.51 Å². The molecule has 0 spiro atoms. The second-order valence-electron chi connectivity index (χ2n) is 7.81. The van der Waals surface area contributed by atoms with E-state index >= 15 is 0 Å². The monoisotopic (exact) mass is 406 g/mol. The highest BCUT2D eigenvalue weighted by Gasteiger charge is 2.34. The first kappa shape index (κ1) is 20.0. The second-order valence-corrected chi connectivity index (χ2v) is 7.81. The van der Waals surface area contributed by atoms with Crippen molar-refractivity contribution in [3.8, 4) is 11.1 Å². The summed E-state index contributed by atoms with van der Waals surface area (Å²) in [6, 6.07) is 3.74. The van der Waals surface area contributed by atoms with Crippen LogP contribution in [-0.4, -0.2) is 51.6 Å². The average Bonchev–Trinajstić information content (AvgIpc) is 3.11. The van der Waals surface area contributed by atoms with E-state index in [0.717, 1.165) is 36.1 Å². The highest BCUT2D eigenvalue weighted by atomic mass is 16.5. The van der Waals surface area contributed by atoms with Gasteiger partial charge < -0.3 is 14.3 Å². The number of carbonyl (C=O) groups excluding carboxylic acids is 1. The Hall–Kier alpha value is -3.29. The standard InChI is InChI=1S/C22H26N6O2/c1-14-19(15(2)30-26-14)21(29)28-12-6-5-7-18(28)20-17(16-8-10-23-11-9-16)13-24-22(25-20)27(3)4/h8-11,13,18H,5-7,12H2,1-4H3/t18-/m0/s1. The third kappa shape index (κ3) is 3.65. The molecule has 1 atom stereocenters. The van der Waals surface area contributed by atoms with Crippen LogP contribution in [-0.2, 0) is 0 Å². The topological polar surface area (TPSA) is 88.3 Å². The molecule has 1 saturated heterocycles. The maximum absolute atomic E-state index is 13.5. The number of aromatic nitrogens is 4. The Morgan fingerprint density at radius 2 is 1.97 bits per heavy atom. The fourth-order valence-corrected chi connectivity index (χ4v) is 4.00. The number of nitrogens with zero attached hydrogens (tertiary/aromatic N) is 6. The molecule has 1 fully saturated rings. The maximum atomic E-state index is 13.5. The fraction of sp³-hybridized carbons (Fsp3) is 0.409. The zero-order chi connectivity index (χ0) is 21.3. The van der Waals surface area contributed by atoms with Gasteiger partial charge in [-0.2, -0.15) is 0 Å². The molecule has 0 aromatic carbocycles. The SMILES string of the molecule is Cc1noc(C)c1C(=O)N1CCCC[C@H]1c1nc(N(C)C)ncc1-c1ccncc1. The lowest BCUT2D eigenvalue weighted by atomic mass is 9.93. The molecule has 1 aliphatic heterocycles. The van der Waals surface area contributed by atoms with Crippen molar-refractivity contribution in [1.82, 2.24) is 25.0 Å². The number of likely N-dealkylation sites (tertiary alicyclic amines) is 1. The fourth-order valence-electron chi connectivity index (χ4n) is 4.00. The summed E-state index contributed by atoms with van der Waals surface area (Å²) >= 11 is 0. The molecule has 1 amide bonds. The first-order valence-electron chi connectivity index (χ1n) is 10.2. The van der Waals surface area contributed by atoms with Crippen LogP contribution in [0.3, 0.4) is 0 Å². The lowest BCUT2D eigenvalue weighted by Crippen LogP contribution is -2.39. The zero-order valence-corrected chi connectivity index (χ0v) is 17.8. The summed E-state index contributed by atoms with van der Waals surface area (Å²) < 4.78 is 5.26. The molecule has 30 heavy (non-hydrogen) atoms. The van der Waals surface area contributed by atoms with Crippen molar-refractivity contribution in [3.63, 3.8) is 0 Å². The van der Waals surface area contributed by atoms with E-state index in [1.54, 1.807) is 26.2 Å². The van der Waals surface area contributed by atoms with E-state index in [-0.39, 0.29) is 11.9 Å². The van der Waals surface area contributed by atoms with Crippen LogP contribution in [0.5, 0.6) is 0 Å². The molecule has 3 aromatic rings. The van der Waals surface area contributed by atoms with E-state index < -0.39 is 0 Å². The predicted octanol–water partition coefficient (Wildman–Crippen LogP) is 3.58. The molecule has 0 unspecified atom stereocenters. The third-order valence-electron chi connectivity index (χ3n) is 5.52. The summed E-state index contributed by atoms with van der Waals surface area (Å²) in [5.74, 6) is 1.12. The molecule has 0 radical (unpaired) electrons. The number of anilines is 1. The van der Waals surface area contributed by atoms with E-state index in [2.05, 4.69) is 15.1 Å². The minimum Gasteiger partial charge on any atom is -0.361 e. The van der Waals surface area contributed by atoms with Crippen LogP contribution in [0.4, 0.5) is 5.95 Å². The lowest BCUT2D eigenvalue weighted by molar-refractivity contribution is 0.0604. The molecule has 0 N–H and O–H groups in total. The highest BCUT2D eigenvalue weighted by molar-refractivity contribution is 5.96. The summed E-state index contributed by atoms with van der Waals surface area (Å²) in [5, 5.41) is 3.97. The maximum Gasteiger partial charge on any atom is 0.259 e. The molecule has 156 valence electrons. The molecule has 4 rings (SSSR count). The van der Waals surface area contributed by atoms with Crippen molar-refractivity contribution in [2.75, 3.05) is 25.5 Å². The largest absolute Gasteiger partial charge is 0.361 e. The van der Waals surface area contributed by atoms with Gasteiger partial charge in [-0.1, -0.05) is 5.16 Å². The van der Waals surface area contributed by atoms with E-state index in [0.29, 0.717) is 29.5 Å². The van der Waals surface area contributed by atoms with Gasteiger partial charge in [0, 0.05) is 44.8 Å². The Bertz CT molecular complexity index is 1030. The van der Waals surface area contributed by atoms with Gasteiger partial charge in [0.25, 0.3) is 5.91 Å². The Kier molecular flexibility index (Phi) is 5.48. The van der Waals surface area contributed by atoms with Gasteiger partial charge in [-0.05, 0) is 50.8 Å². The summed E-state index contributed by atoms with van der Waals surface area (Å²) in [6.45, 7) is 4.26. The number of carbonyl (C=O) groups is 1. The van der Waals surface area contributed by atoms with Crippen LogP contribution in [0.1, 0.15) is 52.8 Å². The van der Waals surface area contributed by atoms with Crippen LogP contribution >= 0.6 is 0 Å². The molecule has 0 aliphatic carbocycles. The highest BCUT2D eigenvalue weighted by Crippen LogP contribution is 2.37. The van der Waals surface area contributed by atoms with E-state index in [1.807, 2.05) is 42.2 Å². The smallest absolute Gasteiger partial charge is 0.259 e. The Balaban J connectivity index is 1.82. The van der Waals surface area contributed by atoms with Crippen molar-refractivity contribution in [1.29, 1.82) is 0 Å². The average molecular weight is 406 g/mol. The minimum absolute atomic E-state index is 0.0540. The van der Waals surface area contributed by atoms with E-state index in [9.17, 15) is 4.79 Å². The Morgan fingerprint density at radius 3 is 2.63 bits per heavy atom. The molecule has 8 heteroatoms. The van der Waals surface area contributed by atoms with Gasteiger partial charge in [-0.15, -0.1) is 0 Å². The summed E-state index contributed by atoms with van der Waals surface area (Å²) in [4.78, 5) is 30.9. The van der Waals surface area contributed by atoms with Gasteiger partial charge in [-0.3, -0.25) is 9.78 Å². The molecular formula is C22H26N6O2. The summed E-state index contributed by atoms with van der Waals surface area (Å²) in [5.41, 5.74) is 3.94. The number of amides is 1. The van der Waals surface area contributed by atoms with Crippen LogP contribution < -0.4 is 4.90 Å². The molecule has 0 bridgehead atoms. The zero-order valence-electron chi connectivity index (χ0n) is 17.8. The van der Waals surface area contributed by atoms with Gasteiger partial charge in [0.15, 0.2) is 0 Å². The molecule has 0 saturated carbocycles. The van der Waals surface area contributed by atoms with Crippen molar-refractivity contribution in [3.05, 3.63) is 53.4 Å². The van der Waals surface area contributed by atoms with Crippen molar-refractivity contribution >= 4 is 11.9 Å². The minimum atomic E-state index is -0.148. The molecule has 8 nitrogen and oxygen atoms in total. The number of piperidine rings is 1. The molecule has 4 heterocycles. The predicted molar refractivity (Wildman–Crippen MR) is 113 cm³/mol. The van der Waals surface area contributed by atoms with Crippen LogP contribution in [0.2, 0.25) is 0 Å². The van der Waals surface area contributed by atoms with Crippen LogP contribution in [0.15, 0.2) is 35.2 Å². The van der Waals surface area contributed by atoms with Gasteiger partial charge in [0.05, 0.1) is 17.4 Å². The second kappa shape index (κ2) is 8.22. The third-order valence-corrected chi connectivity index (χ3v) is 5.52. The normalized spacial score (nSPS) is 16.5. The molecule has 1 aliphatic rings. The quantitative estimate of drug-likeness (QED) is 0.654. The van der Waals surface area contributed by atoms with Gasteiger partial charge in [0.2, 0.25) is 5.95 Å². The number of pyridine rings is 1. The van der Waals surface area contributed by atoms with Crippen molar-refractivity contribution < 1.29 is 9.32 Å². The number of hydrogen-bond acceptors (Lipinski definition) is 7. The summed E-state index contributed by atoms with van der Waals surface area (Å²) in [7, 11) is 3.83. The number of rotatable bonds is 4.